The summed E-state index contributed by atoms with van der Waals surface area (Å²) >= 11 is 5.40. The molecule has 1 aliphatic carbocycles. The van der Waals surface area contributed by atoms with Crippen molar-refractivity contribution >= 4 is 27.3 Å². The molecule has 1 N–H and O–H groups in total. The molecule has 2 rings (SSSR count). The molecule has 0 saturated heterocycles. The topological polar surface area (TPSA) is 12.0 Å². The smallest absolute Gasteiger partial charge is 0.0327 e. The molecule has 0 atom stereocenters. The molecule has 1 aromatic rings. The van der Waals surface area contributed by atoms with Crippen LogP contribution in [0.2, 0.25) is 0 Å². The Bertz CT molecular complexity index is 315. The summed E-state index contributed by atoms with van der Waals surface area (Å²) in [6.45, 7) is 4.59. The highest BCUT2D eigenvalue weighted by Gasteiger charge is 2.17. The largest absolute Gasteiger partial charge is 0.312 e. The van der Waals surface area contributed by atoms with E-state index in [1.807, 2.05) is 11.3 Å². The van der Waals surface area contributed by atoms with E-state index in [0.717, 1.165) is 18.4 Å². The SMILES string of the molecule is CC1CCC(CNCc2sccc2Br)CC1. The maximum Gasteiger partial charge on any atom is 0.0327 e. The molecule has 1 saturated carbocycles. The maximum absolute atomic E-state index is 3.59. The molecule has 0 unspecified atom stereocenters. The minimum atomic E-state index is 0.912. The average molecular weight is 302 g/mol. The molecular formula is C13H20BrNS. The number of hydrogen-bond acceptors (Lipinski definition) is 2. The summed E-state index contributed by atoms with van der Waals surface area (Å²) in [7, 11) is 0. The van der Waals surface area contributed by atoms with Crippen molar-refractivity contribution in [3.05, 3.63) is 20.8 Å². The van der Waals surface area contributed by atoms with Gasteiger partial charge >= 0.3 is 0 Å². The van der Waals surface area contributed by atoms with Crippen molar-refractivity contribution in [1.82, 2.24) is 5.32 Å². The van der Waals surface area contributed by atoms with Crippen molar-refractivity contribution in [1.29, 1.82) is 0 Å². The van der Waals surface area contributed by atoms with E-state index < -0.39 is 0 Å². The monoisotopic (exact) mass is 301 g/mol. The van der Waals surface area contributed by atoms with E-state index >= 15 is 0 Å². The van der Waals surface area contributed by atoms with Crippen LogP contribution in [0.3, 0.4) is 0 Å². The lowest BCUT2D eigenvalue weighted by atomic mass is 9.83. The van der Waals surface area contributed by atoms with Gasteiger partial charge in [-0.25, -0.2) is 0 Å². The standard InChI is InChI=1S/C13H20BrNS/c1-10-2-4-11(5-3-10)8-15-9-13-12(14)6-7-16-13/h6-7,10-11,15H,2-5,8-9H2,1H3. The molecule has 1 fully saturated rings. The first-order valence-corrected chi connectivity index (χ1v) is 7.85. The van der Waals surface area contributed by atoms with Gasteiger partial charge in [-0.05, 0) is 58.6 Å². The molecule has 1 aromatic heterocycles. The molecule has 1 nitrogen and oxygen atoms in total. The zero-order valence-corrected chi connectivity index (χ0v) is 12.2. The molecule has 3 heteroatoms. The maximum atomic E-state index is 3.59. The Balaban J connectivity index is 1.67. The first-order valence-electron chi connectivity index (χ1n) is 6.18. The zero-order valence-electron chi connectivity index (χ0n) is 9.84. The summed E-state index contributed by atoms with van der Waals surface area (Å²) in [5.74, 6) is 1.87. The Kier molecular flexibility index (Phi) is 4.86. The Hall–Kier alpha value is 0.140. The number of thiophene rings is 1. The van der Waals surface area contributed by atoms with Crippen molar-refractivity contribution in [3.63, 3.8) is 0 Å². The second-order valence-electron chi connectivity index (χ2n) is 4.95. The summed E-state index contributed by atoms with van der Waals surface area (Å²) in [5, 5.41) is 5.74. The van der Waals surface area contributed by atoms with Gasteiger partial charge in [0.25, 0.3) is 0 Å². The van der Waals surface area contributed by atoms with Crippen molar-refractivity contribution < 1.29 is 0 Å². The summed E-state index contributed by atoms with van der Waals surface area (Å²) in [6.07, 6.45) is 5.68. The Morgan fingerprint density at radius 2 is 2.12 bits per heavy atom. The first-order chi connectivity index (χ1) is 7.75. The van der Waals surface area contributed by atoms with Crippen molar-refractivity contribution in [3.8, 4) is 0 Å². The summed E-state index contributed by atoms with van der Waals surface area (Å²) < 4.78 is 1.25. The van der Waals surface area contributed by atoms with Crippen LogP contribution in [0.5, 0.6) is 0 Å². The fourth-order valence-electron chi connectivity index (χ4n) is 2.37. The van der Waals surface area contributed by atoms with Gasteiger partial charge in [0.15, 0.2) is 0 Å². The normalized spacial score (nSPS) is 25.9. The summed E-state index contributed by atoms with van der Waals surface area (Å²) in [5.41, 5.74) is 0. The van der Waals surface area contributed by atoms with E-state index in [1.165, 1.54) is 41.6 Å². The predicted molar refractivity (Wildman–Crippen MR) is 74.8 cm³/mol. The Morgan fingerprint density at radius 1 is 1.38 bits per heavy atom. The van der Waals surface area contributed by atoms with Crippen LogP contribution >= 0.6 is 27.3 Å². The minimum Gasteiger partial charge on any atom is -0.312 e. The Labute approximate surface area is 111 Å². The van der Waals surface area contributed by atoms with Gasteiger partial charge in [-0.15, -0.1) is 11.3 Å². The van der Waals surface area contributed by atoms with Crippen LogP contribution < -0.4 is 5.32 Å². The molecule has 1 heterocycles. The van der Waals surface area contributed by atoms with E-state index in [-0.39, 0.29) is 0 Å². The third-order valence-corrected chi connectivity index (χ3v) is 5.47. The van der Waals surface area contributed by atoms with Crippen molar-refractivity contribution in [2.75, 3.05) is 6.54 Å². The second kappa shape index (κ2) is 6.18. The van der Waals surface area contributed by atoms with E-state index in [9.17, 15) is 0 Å². The first kappa shape index (κ1) is 12.6. The molecule has 0 amide bonds. The van der Waals surface area contributed by atoms with Crippen molar-refractivity contribution in [2.24, 2.45) is 11.8 Å². The fourth-order valence-corrected chi connectivity index (χ4v) is 3.84. The Morgan fingerprint density at radius 3 is 2.75 bits per heavy atom. The molecule has 16 heavy (non-hydrogen) atoms. The average Bonchev–Trinajstić information content (AvgIpc) is 2.68. The van der Waals surface area contributed by atoms with Crippen LogP contribution in [0.25, 0.3) is 0 Å². The molecule has 90 valence electrons. The lowest BCUT2D eigenvalue weighted by Crippen LogP contribution is -2.25. The van der Waals surface area contributed by atoms with Crippen LogP contribution in [-0.2, 0) is 6.54 Å². The van der Waals surface area contributed by atoms with Crippen LogP contribution in [0.1, 0.15) is 37.5 Å². The van der Waals surface area contributed by atoms with Crippen molar-refractivity contribution in [2.45, 2.75) is 39.2 Å². The van der Waals surface area contributed by atoms with Crippen LogP contribution in [-0.4, -0.2) is 6.54 Å². The van der Waals surface area contributed by atoms with Crippen LogP contribution in [0.4, 0.5) is 0 Å². The lowest BCUT2D eigenvalue weighted by molar-refractivity contribution is 0.281. The fraction of sp³-hybridized carbons (Fsp3) is 0.692. The highest BCUT2D eigenvalue weighted by Crippen LogP contribution is 2.28. The van der Waals surface area contributed by atoms with Gasteiger partial charge in [-0.1, -0.05) is 19.8 Å². The van der Waals surface area contributed by atoms with Gasteiger partial charge in [0, 0.05) is 15.9 Å². The second-order valence-corrected chi connectivity index (χ2v) is 6.80. The third-order valence-electron chi connectivity index (χ3n) is 3.55. The number of halogens is 1. The molecule has 0 radical (unpaired) electrons. The van der Waals surface area contributed by atoms with Gasteiger partial charge in [-0.2, -0.15) is 0 Å². The number of hydrogen-bond donors (Lipinski definition) is 1. The number of rotatable bonds is 4. The quantitative estimate of drug-likeness (QED) is 0.868. The third kappa shape index (κ3) is 3.57. The van der Waals surface area contributed by atoms with E-state index in [4.69, 9.17) is 0 Å². The van der Waals surface area contributed by atoms with Crippen LogP contribution in [0, 0.1) is 11.8 Å². The van der Waals surface area contributed by atoms with Gasteiger partial charge in [0.2, 0.25) is 0 Å². The van der Waals surface area contributed by atoms with Gasteiger partial charge < -0.3 is 5.32 Å². The molecule has 0 spiro atoms. The van der Waals surface area contributed by atoms with E-state index in [2.05, 4.69) is 39.6 Å². The number of nitrogens with one attached hydrogen (secondary N) is 1. The molecular weight excluding hydrogens is 282 g/mol. The van der Waals surface area contributed by atoms with E-state index in [1.54, 1.807) is 0 Å². The highest BCUT2D eigenvalue weighted by atomic mass is 79.9. The van der Waals surface area contributed by atoms with Gasteiger partial charge in [0.1, 0.15) is 0 Å². The molecule has 0 aliphatic heterocycles. The van der Waals surface area contributed by atoms with Gasteiger partial charge in [0.05, 0.1) is 0 Å². The van der Waals surface area contributed by atoms with Gasteiger partial charge in [-0.3, -0.25) is 0 Å². The van der Waals surface area contributed by atoms with E-state index in [0.29, 0.717) is 0 Å². The molecule has 1 aliphatic rings. The summed E-state index contributed by atoms with van der Waals surface area (Å²) in [6, 6.07) is 2.13. The lowest BCUT2D eigenvalue weighted by Gasteiger charge is -2.26. The molecule has 0 aromatic carbocycles. The molecule has 0 bridgehead atoms. The van der Waals surface area contributed by atoms with Crippen LogP contribution in [0.15, 0.2) is 15.9 Å². The summed E-state index contributed by atoms with van der Waals surface area (Å²) in [4.78, 5) is 1.42. The highest BCUT2D eigenvalue weighted by molar-refractivity contribution is 9.10. The minimum absolute atomic E-state index is 0.912. The zero-order chi connectivity index (χ0) is 11.4. The predicted octanol–water partition coefficient (Wildman–Crippen LogP) is 4.43.